The van der Waals surface area contributed by atoms with Gasteiger partial charge in [-0.05, 0) is 29.3 Å². The minimum Gasteiger partial charge on any atom is -0.391 e. The molecule has 1 aliphatic carbocycles. The molecular formula is C15H13ClFNO3S. The molecule has 3 rings (SSSR count). The number of sulfonamides is 1. The topological polar surface area (TPSA) is 66.4 Å². The first-order chi connectivity index (χ1) is 10.4. The molecule has 2 atom stereocenters. The number of fused-ring (bicyclic) bond motifs is 1. The summed E-state index contributed by atoms with van der Waals surface area (Å²) in [6, 6.07) is 9.71. The van der Waals surface area contributed by atoms with Gasteiger partial charge in [0.2, 0.25) is 10.0 Å². The van der Waals surface area contributed by atoms with E-state index in [4.69, 9.17) is 11.6 Å². The third-order valence-electron chi connectivity index (χ3n) is 3.67. The number of benzene rings is 2. The fourth-order valence-electron chi connectivity index (χ4n) is 2.64. The van der Waals surface area contributed by atoms with E-state index in [2.05, 4.69) is 4.72 Å². The molecule has 116 valence electrons. The predicted molar refractivity (Wildman–Crippen MR) is 80.6 cm³/mol. The minimum absolute atomic E-state index is 0.114. The van der Waals surface area contributed by atoms with Gasteiger partial charge in [0.05, 0.1) is 12.1 Å². The van der Waals surface area contributed by atoms with E-state index in [9.17, 15) is 17.9 Å². The lowest BCUT2D eigenvalue weighted by molar-refractivity contribution is 0.151. The predicted octanol–water partition coefficient (Wildman–Crippen LogP) is 2.42. The molecule has 7 heteroatoms. The molecule has 0 bridgehead atoms. The molecule has 1 aliphatic rings. The van der Waals surface area contributed by atoms with Gasteiger partial charge in [0.25, 0.3) is 0 Å². The Kier molecular flexibility index (Phi) is 3.94. The summed E-state index contributed by atoms with van der Waals surface area (Å²) in [4.78, 5) is -0.492. The van der Waals surface area contributed by atoms with Gasteiger partial charge < -0.3 is 5.11 Å². The van der Waals surface area contributed by atoms with Gasteiger partial charge in [0.1, 0.15) is 10.7 Å². The molecule has 0 aliphatic heterocycles. The molecule has 0 aromatic heterocycles. The van der Waals surface area contributed by atoms with Crippen LogP contribution in [0.5, 0.6) is 0 Å². The molecule has 0 saturated heterocycles. The molecular weight excluding hydrogens is 329 g/mol. The van der Waals surface area contributed by atoms with Crippen molar-refractivity contribution >= 4 is 21.6 Å². The molecule has 0 heterocycles. The van der Waals surface area contributed by atoms with Gasteiger partial charge in [-0.3, -0.25) is 0 Å². The molecule has 2 N–H and O–H groups in total. The van der Waals surface area contributed by atoms with Crippen LogP contribution < -0.4 is 4.72 Å². The summed E-state index contributed by atoms with van der Waals surface area (Å²) in [6.07, 6.45) is -0.533. The Labute approximate surface area is 132 Å². The summed E-state index contributed by atoms with van der Waals surface area (Å²) in [5.41, 5.74) is 1.58. The highest BCUT2D eigenvalue weighted by Crippen LogP contribution is 2.33. The summed E-state index contributed by atoms with van der Waals surface area (Å²) >= 11 is 5.63. The zero-order valence-electron chi connectivity index (χ0n) is 11.3. The summed E-state index contributed by atoms with van der Waals surface area (Å²) in [7, 11) is -4.11. The van der Waals surface area contributed by atoms with Crippen molar-refractivity contribution in [2.24, 2.45) is 0 Å². The van der Waals surface area contributed by atoms with Crippen LogP contribution in [0.15, 0.2) is 47.4 Å². The number of rotatable bonds is 3. The average Bonchev–Trinajstić information content (AvgIpc) is 2.74. The zero-order valence-corrected chi connectivity index (χ0v) is 12.9. The maximum Gasteiger partial charge on any atom is 0.244 e. The monoisotopic (exact) mass is 341 g/mol. The lowest BCUT2D eigenvalue weighted by Gasteiger charge is -2.18. The number of nitrogens with one attached hydrogen (secondary N) is 1. The number of aliphatic hydroxyl groups excluding tert-OH is 1. The minimum atomic E-state index is -4.11. The van der Waals surface area contributed by atoms with E-state index < -0.39 is 32.9 Å². The third-order valence-corrected chi connectivity index (χ3v) is 5.38. The maximum absolute atomic E-state index is 13.8. The molecule has 2 aromatic rings. The normalized spacial score (nSPS) is 20.9. The van der Waals surface area contributed by atoms with E-state index in [1.807, 2.05) is 12.1 Å². The van der Waals surface area contributed by atoms with Crippen molar-refractivity contribution in [1.29, 1.82) is 0 Å². The first kappa shape index (κ1) is 15.4. The fourth-order valence-corrected chi connectivity index (χ4v) is 4.11. The molecule has 0 amide bonds. The second kappa shape index (κ2) is 5.62. The Morgan fingerprint density at radius 2 is 1.95 bits per heavy atom. The fraction of sp³-hybridized carbons (Fsp3) is 0.200. The van der Waals surface area contributed by atoms with Crippen LogP contribution in [-0.4, -0.2) is 19.6 Å². The van der Waals surface area contributed by atoms with Crippen molar-refractivity contribution in [1.82, 2.24) is 4.72 Å². The van der Waals surface area contributed by atoms with E-state index in [1.165, 1.54) is 6.07 Å². The smallest absolute Gasteiger partial charge is 0.244 e. The number of aliphatic hydroxyl groups is 1. The lowest BCUT2D eigenvalue weighted by Crippen LogP contribution is -2.34. The van der Waals surface area contributed by atoms with Gasteiger partial charge in [-0.25, -0.2) is 17.5 Å². The molecule has 0 spiro atoms. The van der Waals surface area contributed by atoms with Crippen LogP contribution >= 0.6 is 11.6 Å². The second-order valence-corrected chi connectivity index (χ2v) is 7.26. The highest BCUT2D eigenvalue weighted by Gasteiger charge is 2.35. The molecule has 2 aromatic carbocycles. The summed E-state index contributed by atoms with van der Waals surface area (Å²) < 4.78 is 41.0. The average molecular weight is 342 g/mol. The van der Waals surface area contributed by atoms with E-state index >= 15 is 0 Å². The number of halogens is 2. The van der Waals surface area contributed by atoms with Crippen molar-refractivity contribution in [2.75, 3.05) is 0 Å². The SMILES string of the molecule is O=S(=O)(NC1c2ccccc2CC1O)c1ccc(Cl)cc1F. The Hall–Kier alpha value is -1.47. The van der Waals surface area contributed by atoms with Crippen LogP contribution in [0.4, 0.5) is 4.39 Å². The van der Waals surface area contributed by atoms with E-state index in [-0.39, 0.29) is 5.02 Å². The highest BCUT2D eigenvalue weighted by atomic mass is 35.5. The van der Waals surface area contributed by atoms with Gasteiger partial charge in [-0.15, -0.1) is 0 Å². The molecule has 2 unspecified atom stereocenters. The Balaban J connectivity index is 1.95. The van der Waals surface area contributed by atoms with Gasteiger partial charge in [0.15, 0.2) is 0 Å². The zero-order chi connectivity index (χ0) is 15.9. The van der Waals surface area contributed by atoms with Crippen LogP contribution in [0.25, 0.3) is 0 Å². The largest absolute Gasteiger partial charge is 0.391 e. The lowest BCUT2D eigenvalue weighted by atomic mass is 10.1. The van der Waals surface area contributed by atoms with Crippen LogP contribution in [0.3, 0.4) is 0 Å². The first-order valence-electron chi connectivity index (χ1n) is 6.62. The summed E-state index contributed by atoms with van der Waals surface area (Å²) in [5, 5.41) is 10.2. The molecule has 0 fully saturated rings. The highest BCUT2D eigenvalue weighted by molar-refractivity contribution is 7.89. The van der Waals surface area contributed by atoms with Crippen LogP contribution in [-0.2, 0) is 16.4 Å². The van der Waals surface area contributed by atoms with Gasteiger partial charge in [0, 0.05) is 11.4 Å². The molecule has 0 saturated carbocycles. The number of hydrogen-bond donors (Lipinski definition) is 2. The van der Waals surface area contributed by atoms with Crippen LogP contribution in [0.1, 0.15) is 17.2 Å². The second-order valence-electron chi connectivity index (χ2n) is 5.14. The van der Waals surface area contributed by atoms with Crippen molar-refractivity contribution in [3.8, 4) is 0 Å². The van der Waals surface area contributed by atoms with Gasteiger partial charge in [-0.1, -0.05) is 35.9 Å². The van der Waals surface area contributed by atoms with Crippen molar-refractivity contribution in [3.05, 3.63) is 64.4 Å². The van der Waals surface area contributed by atoms with Gasteiger partial charge in [-0.2, -0.15) is 0 Å². The third kappa shape index (κ3) is 2.75. The molecule has 0 radical (unpaired) electrons. The Bertz CT molecular complexity index is 825. The van der Waals surface area contributed by atoms with E-state index in [0.29, 0.717) is 12.0 Å². The Morgan fingerprint density at radius 3 is 2.68 bits per heavy atom. The van der Waals surface area contributed by atoms with Crippen molar-refractivity contribution in [3.63, 3.8) is 0 Å². The summed E-state index contributed by atoms with van der Waals surface area (Å²) in [5.74, 6) is -0.930. The maximum atomic E-state index is 13.8. The quantitative estimate of drug-likeness (QED) is 0.901. The molecule has 4 nitrogen and oxygen atoms in total. The standard InChI is InChI=1S/C15H13ClFNO3S/c16-10-5-6-14(12(17)8-10)22(20,21)18-15-11-4-2-1-3-9(11)7-13(15)19/h1-6,8,13,15,18-19H,7H2. The van der Waals surface area contributed by atoms with Gasteiger partial charge >= 0.3 is 0 Å². The van der Waals surface area contributed by atoms with E-state index in [1.54, 1.807) is 12.1 Å². The molecule has 22 heavy (non-hydrogen) atoms. The number of hydrogen-bond acceptors (Lipinski definition) is 3. The Morgan fingerprint density at radius 1 is 1.23 bits per heavy atom. The van der Waals surface area contributed by atoms with Crippen LogP contribution in [0.2, 0.25) is 5.02 Å². The summed E-state index contributed by atoms with van der Waals surface area (Å²) in [6.45, 7) is 0. The first-order valence-corrected chi connectivity index (χ1v) is 8.48. The van der Waals surface area contributed by atoms with Crippen molar-refractivity contribution in [2.45, 2.75) is 23.5 Å². The van der Waals surface area contributed by atoms with Crippen molar-refractivity contribution < 1.29 is 17.9 Å². The van der Waals surface area contributed by atoms with Crippen LogP contribution in [0, 0.1) is 5.82 Å². The van der Waals surface area contributed by atoms with E-state index in [0.717, 1.165) is 17.7 Å².